The summed E-state index contributed by atoms with van der Waals surface area (Å²) in [4.78, 5) is 2.50. The highest BCUT2D eigenvalue weighted by Crippen LogP contribution is 2.16. The fourth-order valence-electron chi connectivity index (χ4n) is 2.61. The van der Waals surface area contributed by atoms with Crippen LogP contribution in [0.5, 0.6) is 0 Å². The third-order valence-corrected chi connectivity index (χ3v) is 4.08. The molecule has 120 valence electrons. The van der Waals surface area contributed by atoms with Gasteiger partial charge < -0.3 is 10.1 Å². The molecule has 0 spiro atoms. The molecule has 2 rings (SSSR count). The number of hydrogen-bond donors (Lipinski definition) is 1. The average Bonchev–Trinajstić information content (AvgIpc) is 2.88. The van der Waals surface area contributed by atoms with Crippen molar-refractivity contribution in [2.24, 2.45) is 0 Å². The summed E-state index contributed by atoms with van der Waals surface area (Å²) < 4.78 is 7.46. The Bertz CT molecular complexity index is 441. The van der Waals surface area contributed by atoms with Gasteiger partial charge in [-0.05, 0) is 34.6 Å². The molecular weight excluding hydrogens is 264 g/mol. The quantitative estimate of drug-likeness (QED) is 0.900. The molecule has 1 aliphatic rings. The first kappa shape index (κ1) is 16.5. The Balaban J connectivity index is 1.81. The van der Waals surface area contributed by atoms with E-state index in [2.05, 4.69) is 56.1 Å². The van der Waals surface area contributed by atoms with Crippen LogP contribution in [0.25, 0.3) is 0 Å². The molecule has 0 bridgehead atoms. The number of aromatic nitrogens is 2. The van der Waals surface area contributed by atoms with E-state index in [-0.39, 0.29) is 11.1 Å². The van der Waals surface area contributed by atoms with Crippen LogP contribution in [0, 0.1) is 0 Å². The van der Waals surface area contributed by atoms with E-state index >= 15 is 0 Å². The molecular formula is C16H30N4O. The molecule has 21 heavy (non-hydrogen) atoms. The van der Waals surface area contributed by atoms with Gasteiger partial charge in [0.15, 0.2) is 0 Å². The van der Waals surface area contributed by atoms with Gasteiger partial charge in [0.25, 0.3) is 0 Å². The highest BCUT2D eigenvalue weighted by atomic mass is 16.5. The molecule has 5 heteroatoms. The van der Waals surface area contributed by atoms with Crippen molar-refractivity contribution in [2.75, 3.05) is 32.8 Å². The Kier molecular flexibility index (Phi) is 5.07. The minimum Gasteiger partial charge on any atom is -0.379 e. The predicted octanol–water partition coefficient (Wildman–Crippen LogP) is 1.84. The van der Waals surface area contributed by atoms with Gasteiger partial charge in [0.1, 0.15) is 0 Å². The van der Waals surface area contributed by atoms with E-state index in [1.54, 1.807) is 0 Å². The van der Waals surface area contributed by atoms with Gasteiger partial charge in [0, 0.05) is 43.5 Å². The summed E-state index contributed by atoms with van der Waals surface area (Å²) in [6, 6.07) is 0. The van der Waals surface area contributed by atoms with Gasteiger partial charge in [-0.2, -0.15) is 5.10 Å². The summed E-state index contributed by atoms with van der Waals surface area (Å²) in [6.07, 6.45) is 4.09. The maximum absolute atomic E-state index is 5.43. The summed E-state index contributed by atoms with van der Waals surface area (Å²) in [6.45, 7) is 16.7. The number of rotatable bonds is 5. The topological polar surface area (TPSA) is 42.3 Å². The van der Waals surface area contributed by atoms with E-state index in [0.29, 0.717) is 0 Å². The summed E-state index contributed by atoms with van der Waals surface area (Å²) >= 11 is 0. The first-order chi connectivity index (χ1) is 9.79. The van der Waals surface area contributed by atoms with Crippen LogP contribution in [0.3, 0.4) is 0 Å². The van der Waals surface area contributed by atoms with Crippen LogP contribution in [0.1, 0.15) is 40.2 Å². The van der Waals surface area contributed by atoms with Crippen molar-refractivity contribution in [3.05, 3.63) is 18.0 Å². The molecule has 1 saturated heterocycles. The third-order valence-electron chi connectivity index (χ3n) is 4.08. The van der Waals surface area contributed by atoms with Crippen molar-refractivity contribution in [2.45, 2.75) is 52.2 Å². The van der Waals surface area contributed by atoms with Crippen molar-refractivity contribution in [3.8, 4) is 0 Å². The van der Waals surface area contributed by atoms with Gasteiger partial charge in [-0.3, -0.25) is 9.58 Å². The highest BCUT2D eigenvalue weighted by molar-refractivity contribution is 5.05. The first-order valence-corrected chi connectivity index (χ1v) is 7.86. The molecule has 0 radical (unpaired) electrons. The molecule has 1 aromatic heterocycles. The molecule has 0 aromatic carbocycles. The molecule has 0 atom stereocenters. The zero-order valence-corrected chi connectivity index (χ0v) is 14.1. The average molecular weight is 294 g/mol. The van der Waals surface area contributed by atoms with E-state index < -0.39 is 0 Å². The molecule has 5 nitrogen and oxygen atoms in total. The van der Waals surface area contributed by atoms with Gasteiger partial charge in [0.05, 0.1) is 24.9 Å². The van der Waals surface area contributed by atoms with Gasteiger partial charge in [-0.15, -0.1) is 0 Å². The Hall–Kier alpha value is -0.910. The van der Waals surface area contributed by atoms with Crippen molar-refractivity contribution in [1.29, 1.82) is 0 Å². The fourth-order valence-corrected chi connectivity index (χ4v) is 2.61. The lowest BCUT2D eigenvalue weighted by Crippen LogP contribution is -2.54. The smallest absolute Gasteiger partial charge is 0.0594 e. The molecule has 1 fully saturated rings. The van der Waals surface area contributed by atoms with Crippen molar-refractivity contribution in [3.63, 3.8) is 0 Å². The number of nitrogens with one attached hydrogen (secondary N) is 1. The van der Waals surface area contributed by atoms with Crippen LogP contribution in [0.2, 0.25) is 0 Å². The number of hydrogen-bond acceptors (Lipinski definition) is 4. The molecule has 1 N–H and O–H groups in total. The maximum atomic E-state index is 5.43. The molecule has 0 unspecified atom stereocenters. The number of nitrogens with zero attached hydrogens (tertiary/aromatic N) is 3. The molecule has 0 aliphatic carbocycles. The second kappa shape index (κ2) is 6.46. The summed E-state index contributed by atoms with van der Waals surface area (Å²) in [7, 11) is 0. The molecule has 1 aliphatic heterocycles. The Morgan fingerprint density at radius 2 is 1.86 bits per heavy atom. The van der Waals surface area contributed by atoms with Crippen LogP contribution in [-0.4, -0.2) is 53.1 Å². The third kappa shape index (κ3) is 4.53. The number of ether oxygens (including phenoxy) is 1. The highest BCUT2D eigenvalue weighted by Gasteiger charge is 2.27. The minimum atomic E-state index is 0.0469. The largest absolute Gasteiger partial charge is 0.379 e. The zero-order valence-electron chi connectivity index (χ0n) is 14.1. The predicted molar refractivity (Wildman–Crippen MR) is 85.4 cm³/mol. The molecule has 1 aromatic rings. The molecule has 0 amide bonds. The Morgan fingerprint density at radius 1 is 1.19 bits per heavy atom. The van der Waals surface area contributed by atoms with Crippen LogP contribution < -0.4 is 5.32 Å². The Morgan fingerprint density at radius 3 is 2.43 bits per heavy atom. The Labute approximate surface area is 128 Å². The van der Waals surface area contributed by atoms with E-state index in [1.165, 1.54) is 5.56 Å². The van der Waals surface area contributed by atoms with Gasteiger partial charge in [0.2, 0.25) is 0 Å². The van der Waals surface area contributed by atoms with Gasteiger partial charge in [-0.1, -0.05) is 0 Å². The van der Waals surface area contributed by atoms with Crippen LogP contribution in [-0.2, 0) is 16.8 Å². The SMILES string of the molecule is CC(C)(CNCc1cnn(C(C)(C)C)c1)N1CCOCC1. The lowest BCUT2D eigenvalue weighted by Gasteiger charge is -2.41. The summed E-state index contributed by atoms with van der Waals surface area (Å²) in [5.41, 5.74) is 1.44. The maximum Gasteiger partial charge on any atom is 0.0594 e. The number of morpholine rings is 1. The van der Waals surface area contributed by atoms with Crippen molar-refractivity contribution >= 4 is 0 Å². The zero-order chi connectivity index (χ0) is 15.5. The lowest BCUT2D eigenvalue weighted by atomic mass is 10.0. The van der Waals surface area contributed by atoms with E-state index in [4.69, 9.17) is 4.74 Å². The monoisotopic (exact) mass is 294 g/mol. The first-order valence-electron chi connectivity index (χ1n) is 7.86. The van der Waals surface area contributed by atoms with E-state index in [9.17, 15) is 0 Å². The van der Waals surface area contributed by atoms with Crippen molar-refractivity contribution in [1.82, 2.24) is 20.0 Å². The normalized spacial score (nSPS) is 18.1. The minimum absolute atomic E-state index is 0.0469. The van der Waals surface area contributed by atoms with Crippen molar-refractivity contribution < 1.29 is 4.74 Å². The fraction of sp³-hybridized carbons (Fsp3) is 0.812. The summed E-state index contributed by atoms with van der Waals surface area (Å²) in [5, 5.41) is 8.01. The second-order valence-electron chi connectivity index (χ2n) is 7.48. The van der Waals surface area contributed by atoms with Crippen LogP contribution in [0.4, 0.5) is 0 Å². The van der Waals surface area contributed by atoms with E-state index in [0.717, 1.165) is 39.4 Å². The lowest BCUT2D eigenvalue weighted by molar-refractivity contribution is -0.00966. The second-order valence-corrected chi connectivity index (χ2v) is 7.48. The molecule has 0 saturated carbocycles. The van der Waals surface area contributed by atoms with Crippen LogP contribution >= 0.6 is 0 Å². The van der Waals surface area contributed by atoms with Crippen LogP contribution in [0.15, 0.2) is 12.4 Å². The van der Waals surface area contributed by atoms with Gasteiger partial charge in [-0.25, -0.2) is 0 Å². The van der Waals surface area contributed by atoms with E-state index in [1.807, 2.05) is 10.9 Å². The standard InChI is InChI=1S/C16H30N4O/c1-15(2,3)20-12-14(11-18-20)10-17-13-16(4,5)19-6-8-21-9-7-19/h11-12,17H,6-10,13H2,1-5H3. The van der Waals surface area contributed by atoms with Gasteiger partial charge >= 0.3 is 0 Å². The molecule has 2 heterocycles. The summed E-state index contributed by atoms with van der Waals surface area (Å²) in [5.74, 6) is 0.